The Bertz CT molecular complexity index is 897. The van der Waals surface area contributed by atoms with Crippen molar-refractivity contribution in [2.75, 3.05) is 19.6 Å². The third-order valence-electron chi connectivity index (χ3n) is 6.33. The molecule has 4 nitrogen and oxygen atoms in total. The minimum atomic E-state index is 0.0362. The van der Waals surface area contributed by atoms with Crippen LogP contribution in [-0.4, -0.2) is 41.2 Å². The van der Waals surface area contributed by atoms with E-state index in [4.69, 9.17) is 0 Å². The summed E-state index contributed by atoms with van der Waals surface area (Å²) in [6, 6.07) is 14.3. The van der Waals surface area contributed by atoms with Crippen LogP contribution >= 0.6 is 0 Å². The lowest BCUT2D eigenvalue weighted by molar-refractivity contribution is -0.137. The van der Waals surface area contributed by atoms with E-state index in [1.54, 1.807) is 0 Å². The highest BCUT2D eigenvalue weighted by molar-refractivity contribution is 5.94. The molecule has 2 aromatic rings. The fourth-order valence-corrected chi connectivity index (χ4v) is 4.33. The molecular weight excluding hydrogens is 348 g/mol. The maximum absolute atomic E-state index is 13.0. The molecule has 2 aromatic carbocycles. The molecule has 4 rings (SSSR count). The zero-order valence-electron chi connectivity index (χ0n) is 16.8. The number of aryl methyl sites for hydroxylation is 2. The Morgan fingerprint density at radius 3 is 2.29 bits per heavy atom. The van der Waals surface area contributed by atoms with Gasteiger partial charge in [0.1, 0.15) is 0 Å². The van der Waals surface area contributed by atoms with Gasteiger partial charge in [0.25, 0.3) is 5.91 Å². The molecule has 28 heavy (non-hydrogen) atoms. The van der Waals surface area contributed by atoms with Gasteiger partial charge in [0.2, 0.25) is 5.91 Å². The van der Waals surface area contributed by atoms with Gasteiger partial charge in [0.05, 0.1) is 0 Å². The van der Waals surface area contributed by atoms with Crippen molar-refractivity contribution in [3.63, 3.8) is 0 Å². The van der Waals surface area contributed by atoms with Crippen LogP contribution in [0.2, 0.25) is 0 Å². The third kappa shape index (κ3) is 3.68. The van der Waals surface area contributed by atoms with Crippen LogP contribution in [0.5, 0.6) is 0 Å². The lowest BCUT2D eigenvalue weighted by Gasteiger charge is -2.36. The molecule has 0 spiro atoms. The van der Waals surface area contributed by atoms with Crippen molar-refractivity contribution < 1.29 is 9.59 Å². The Hall–Kier alpha value is -2.62. The first-order chi connectivity index (χ1) is 13.5. The molecule has 2 amide bonds. The molecule has 146 valence electrons. The summed E-state index contributed by atoms with van der Waals surface area (Å²) >= 11 is 0. The summed E-state index contributed by atoms with van der Waals surface area (Å²) in [4.78, 5) is 29.7. The Balaban J connectivity index is 1.35. The second kappa shape index (κ2) is 7.78. The van der Waals surface area contributed by atoms with Gasteiger partial charge in [-0.2, -0.15) is 0 Å². The molecule has 2 aliphatic rings. The number of rotatable bonds is 2. The first-order valence-electron chi connectivity index (χ1n) is 10.2. The minimum Gasteiger partial charge on any atom is -0.339 e. The molecule has 2 aliphatic heterocycles. The number of carbonyl (C=O) groups excluding carboxylic acids is 2. The minimum absolute atomic E-state index is 0.0362. The molecular formula is C24H28N2O2. The van der Waals surface area contributed by atoms with E-state index < -0.39 is 0 Å². The molecule has 0 bridgehead atoms. The smallest absolute Gasteiger partial charge is 0.253 e. The van der Waals surface area contributed by atoms with E-state index >= 15 is 0 Å². The lowest BCUT2D eigenvalue weighted by atomic mass is 9.92. The average molecular weight is 377 g/mol. The van der Waals surface area contributed by atoms with Crippen LogP contribution in [0.15, 0.2) is 42.5 Å². The summed E-state index contributed by atoms with van der Waals surface area (Å²) in [5, 5.41) is 0. The highest BCUT2D eigenvalue weighted by Gasteiger charge is 2.31. The van der Waals surface area contributed by atoms with Crippen molar-refractivity contribution >= 4 is 11.8 Å². The topological polar surface area (TPSA) is 40.6 Å². The number of amides is 2. The number of hydrogen-bond donors (Lipinski definition) is 0. The molecule has 0 radical (unpaired) electrons. The SMILES string of the molecule is Cc1ccc(C(=O)N2CCC(C(=O)N3CCc4ccccc4C3)CC2)cc1C. The summed E-state index contributed by atoms with van der Waals surface area (Å²) in [5.74, 6) is 0.378. The lowest BCUT2D eigenvalue weighted by Crippen LogP contribution is -2.45. The van der Waals surface area contributed by atoms with Crippen molar-refractivity contribution in [3.05, 3.63) is 70.3 Å². The first kappa shape index (κ1) is 18.7. The number of hydrogen-bond acceptors (Lipinski definition) is 2. The van der Waals surface area contributed by atoms with Crippen molar-refractivity contribution in [3.8, 4) is 0 Å². The van der Waals surface area contributed by atoms with E-state index in [1.165, 1.54) is 16.7 Å². The Labute approximate surface area is 167 Å². The largest absolute Gasteiger partial charge is 0.339 e. The van der Waals surface area contributed by atoms with Gasteiger partial charge in [-0.1, -0.05) is 30.3 Å². The second-order valence-electron chi connectivity index (χ2n) is 8.14. The molecule has 0 saturated carbocycles. The van der Waals surface area contributed by atoms with E-state index in [9.17, 15) is 9.59 Å². The van der Waals surface area contributed by atoms with Crippen LogP contribution in [0.4, 0.5) is 0 Å². The van der Waals surface area contributed by atoms with Gasteiger partial charge in [-0.05, 0) is 67.5 Å². The zero-order chi connectivity index (χ0) is 19.7. The number of piperidine rings is 1. The molecule has 4 heteroatoms. The molecule has 0 unspecified atom stereocenters. The third-order valence-corrected chi connectivity index (χ3v) is 6.33. The second-order valence-corrected chi connectivity index (χ2v) is 8.14. The Morgan fingerprint density at radius 1 is 0.857 bits per heavy atom. The monoisotopic (exact) mass is 376 g/mol. The Morgan fingerprint density at radius 2 is 1.57 bits per heavy atom. The van der Waals surface area contributed by atoms with E-state index in [2.05, 4.69) is 25.1 Å². The van der Waals surface area contributed by atoms with Crippen LogP contribution < -0.4 is 0 Å². The number of likely N-dealkylation sites (tertiary alicyclic amines) is 1. The van der Waals surface area contributed by atoms with Crippen LogP contribution in [0.1, 0.15) is 45.5 Å². The number of benzene rings is 2. The van der Waals surface area contributed by atoms with E-state index in [1.807, 2.05) is 41.0 Å². The maximum Gasteiger partial charge on any atom is 0.253 e. The summed E-state index contributed by atoms with van der Waals surface area (Å²) in [7, 11) is 0. The Kier molecular flexibility index (Phi) is 5.21. The zero-order valence-corrected chi connectivity index (χ0v) is 16.8. The van der Waals surface area contributed by atoms with E-state index in [0.717, 1.165) is 43.5 Å². The highest BCUT2D eigenvalue weighted by atomic mass is 16.2. The predicted molar refractivity (Wildman–Crippen MR) is 110 cm³/mol. The maximum atomic E-state index is 13.0. The van der Waals surface area contributed by atoms with Crippen molar-refractivity contribution in [2.45, 2.75) is 39.7 Å². The van der Waals surface area contributed by atoms with Crippen molar-refractivity contribution in [1.29, 1.82) is 0 Å². The van der Waals surface area contributed by atoms with Crippen LogP contribution in [0.3, 0.4) is 0 Å². The molecule has 0 aromatic heterocycles. The summed E-state index contributed by atoms with van der Waals surface area (Å²) < 4.78 is 0. The van der Waals surface area contributed by atoms with Gasteiger partial charge < -0.3 is 9.80 Å². The van der Waals surface area contributed by atoms with Crippen LogP contribution in [0, 0.1) is 19.8 Å². The molecule has 1 saturated heterocycles. The molecule has 0 N–H and O–H groups in total. The van der Waals surface area contributed by atoms with Crippen LogP contribution in [0.25, 0.3) is 0 Å². The molecule has 0 atom stereocenters. The quantitative estimate of drug-likeness (QED) is 0.801. The highest BCUT2D eigenvalue weighted by Crippen LogP contribution is 2.25. The van der Waals surface area contributed by atoms with Crippen molar-refractivity contribution in [1.82, 2.24) is 9.80 Å². The van der Waals surface area contributed by atoms with Gasteiger partial charge in [0, 0.05) is 37.7 Å². The number of fused-ring (bicyclic) bond motifs is 1. The van der Waals surface area contributed by atoms with Gasteiger partial charge in [-0.3, -0.25) is 9.59 Å². The van der Waals surface area contributed by atoms with Crippen molar-refractivity contribution in [2.24, 2.45) is 5.92 Å². The number of carbonyl (C=O) groups is 2. The fraction of sp³-hybridized carbons (Fsp3) is 0.417. The summed E-state index contributed by atoms with van der Waals surface area (Å²) in [5.41, 5.74) is 5.72. The van der Waals surface area contributed by atoms with E-state index in [-0.39, 0.29) is 17.7 Å². The average Bonchev–Trinajstić information content (AvgIpc) is 2.74. The van der Waals surface area contributed by atoms with Gasteiger partial charge in [-0.15, -0.1) is 0 Å². The normalized spacial score (nSPS) is 17.4. The summed E-state index contributed by atoms with van der Waals surface area (Å²) in [6.45, 7) is 6.93. The van der Waals surface area contributed by atoms with E-state index in [0.29, 0.717) is 13.1 Å². The predicted octanol–water partition coefficient (Wildman–Crippen LogP) is 3.74. The number of nitrogens with zero attached hydrogens (tertiary/aromatic N) is 2. The molecule has 1 fully saturated rings. The van der Waals surface area contributed by atoms with Gasteiger partial charge in [-0.25, -0.2) is 0 Å². The first-order valence-corrected chi connectivity index (χ1v) is 10.2. The summed E-state index contributed by atoms with van der Waals surface area (Å²) in [6.07, 6.45) is 2.45. The van der Waals surface area contributed by atoms with Gasteiger partial charge in [0.15, 0.2) is 0 Å². The molecule has 2 heterocycles. The van der Waals surface area contributed by atoms with Gasteiger partial charge >= 0.3 is 0 Å². The fourth-order valence-electron chi connectivity index (χ4n) is 4.33. The standard InChI is InChI=1S/C24H28N2O2/c1-17-7-8-21(15-18(17)2)24(28)25-12-10-20(11-13-25)23(27)26-14-9-19-5-3-4-6-22(19)16-26/h3-8,15,20H,9-14,16H2,1-2H3. The molecule has 0 aliphatic carbocycles. The van der Waals surface area contributed by atoms with Crippen LogP contribution in [-0.2, 0) is 17.8 Å².